The molecule has 0 N–H and O–H groups in total. The fourth-order valence-corrected chi connectivity index (χ4v) is 1.91. The van der Waals surface area contributed by atoms with Gasteiger partial charge in [0.1, 0.15) is 0 Å². The maximum atomic E-state index is 2.42. The third kappa shape index (κ3) is 22.2. The smallest absolute Gasteiger partial charge is 0.0208 e. The minimum Gasteiger partial charge on any atom is -0.0825 e. The molecule has 1 aliphatic rings. The number of hydrogen-bond acceptors (Lipinski definition) is 0. The van der Waals surface area contributed by atoms with E-state index in [0.29, 0.717) is 0 Å². The average Bonchev–Trinajstić information content (AvgIpc) is 2.50. The lowest BCUT2D eigenvalue weighted by molar-refractivity contribution is 0.347. The van der Waals surface area contributed by atoms with E-state index in [1.807, 2.05) is 27.7 Å². The van der Waals surface area contributed by atoms with E-state index < -0.39 is 0 Å². The highest BCUT2D eigenvalue weighted by Gasteiger charge is 2.20. The molecule has 0 fully saturated rings. The predicted octanol–water partition coefficient (Wildman–Crippen LogP) is 8.52. The molecular weight excluding hydrogens is 252 g/mol. The van der Waals surface area contributed by atoms with Crippen molar-refractivity contribution < 1.29 is 0 Å². The highest BCUT2D eigenvalue weighted by atomic mass is 14.3. The second-order valence-corrected chi connectivity index (χ2v) is 5.60. The summed E-state index contributed by atoms with van der Waals surface area (Å²) in [6, 6.07) is 0. The molecule has 0 aliphatic heterocycles. The molecule has 0 heteroatoms. The molecule has 0 aromatic rings. The molecule has 0 saturated heterocycles. The number of allylic oxidation sites excluding steroid dienone is 2. The molecule has 132 valence electrons. The molecule has 0 amide bonds. The lowest BCUT2D eigenvalue weighted by Gasteiger charge is -2.28. The fraction of sp³-hybridized carbons (Fsp3) is 0.905. The van der Waals surface area contributed by atoms with Crippen LogP contribution in [0.15, 0.2) is 11.6 Å². The van der Waals surface area contributed by atoms with Crippen molar-refractivity contribution >= 4 is 0 Å². The van der Waals surface area contributed by atoms with Gasteiger partial charge in [-0.1, -0.05) is 107 Å². The molecule has 3 atom stereocenters. The van der Waals surface area contributed by atoms with Crippen LogP contribution in [0.25, 0.3) is 0 Å². The van der Waals surface area contributed by atoms with Gasteiger partial charge >= 0.3 is 0 Å². The van der Waals surface area contributed by atoms with E-state index >= 15 is 0 Å². The molecule has 0 aromatic heterocycles. The third-order valence-electron chi connectivity index (χ3n) is 3.36. The normalized spacial score (nSPS) is 22.5. The summed E-state index contributed by atoms with van der Waals surface area (Å²) in [5, 5.41) is 0. The van der Waals surface area contributed by atoms with Crippen LogP contribution < -0.4 is 0 Å². The monoisotopic (exact) mass is 300 g/mol. The Bertz CT molecular complexity index is 176. The van der Waals surface area contributed by atoms with Gasteiger partial charge in [-0.05, 0) is 31.1 Å². The summed E-state index contributed by atoms with van der Waals surface area (Å²) >= 11 is 0. The van der Waals surface area contributed by atoms with Crippen LogP contribution in [-0.4, -0.2) is 0 Å². The molecule has 0 spiro atoms. The summed E-state index contributed by atoms with van der Waals surface area (Å²) in [7, 11) is 0. The van der Waals surface area contributed by atoms with Crippen LogP contribution in [-0.2, 0) is 0 Å². The molecule has 0 radical (unpaired) electrons. The first-order valence-corrected chi connectivity index (χ1v) is 9.62. The van der Waals surface area contributed by atoms with Gasteiger partial charge in [0.2, 0.25) is 0 Å². The van der Waals surface area contributed by atoms with Crippen molar-refractivity contribution in [2.75, 3.05) is 0 Å². The highest BCUT2D eigenvalue weighted by molar-refractivity contribution is 5.09. The SMILES string of the molecule is CC.CC.CC1=CC(C)CC(C)C1C.CCC.CCCC. The fourth-order valence-electron chi connectivity index (χ4n) is 1.91. The Morgan fingerprint density at radius 3 is 1.43 bits per heavy atom. The van der Waals surface area contributed by atoms with Gasteiger partial charge in [-0.15, -0.1) is 0 Å². The van der Waals surface area contributed by atoms with Crippen molar-refractivity contribution in [1.82, 2.24) is 0 Å². The second-order valence-electron chi connectivity index (χ2n) is 5.60. The molecule has 0 saturated carbocycles. The van der Waals surface area contributed by atoms with Crippen LogP contribution in [0.5, 0.6) is 0 Å². The van der Waals surface area contributed by atoms with E-state index in [4.69, 9.17) is 0 Å². The molecule has 21 heavy (non-hydrogen) atoms. The molecular formula is C21H48. The second kappa shape index (κ2) is 24.7. The maximum Gasteiger partial charge on any atom is -0.0208 e. The van der Waals surface area contributed by atoms with Crippen molar-refractivity contribution in [3.05, 3.63) is 11.6 Å². The van der Waals surface area contributed by atoms with Crippen LogP contribution >= 0.6 is 0 Å². The van der Waals surface area contributed by atoms with E-state index in [9.17, 15) is 0 Å². The van der Waals surface area contributed by atoms with Crippen LogP contribution in [0.4, 0.5) is 0 Å². The zero-order valence-electron chi connectivity index (χ0n) is 17.6. The zero-order valence-corrected chi connectivity index (χ0v) is 17.6. The van der Waals surface area contributed by atoms with E-state index in [2.05, 4.69) is 61.5 Å². The minimum absolute atomic E-state index is 0.811. The van der Waals surface area contributed by atoms with Gasteiger partial charge in [-0.2, -0.15) is 0 Å². The van der Waals surface area contributed by atoms with E-state index in [1.165, 1.54) is 25.7 Å². The van der Waals surface area contributed by atoms with Gasteiger partial charge in [0.15, 0.2) is 0 Å². The first-order valence-electron chi connectivity index (χ1n) is 9.62. The topological polar surface area (TPSA) is 0 Å². The zero-order chi connectivity index (χ0) is 17.8. The van der Waals surface area contributed by atoms with E-state index in [0.717, 1.165) is 17.8 Å². The van der Waals surface area contributed by atoms with Gasteiger partial charge < -0.3 is 0 Å². The summed E-state index contributed by atoms with van der Waals surface area (Å²) in [5.41, 5.74) is 1.59. The summed E-state index contributed by atoms with van der Waals surface area (Å²) in [6.45, 7) is 25.9. The van der Waals surface area contributed by atoms with Crippen LogP contribution in [0.2, 0.25) is 0 Å². The number of rotatable bonds is 1. The van der Waals surface area contributed by atoms with Gasteiger partial charge in [0.25, 0.3) is 0 Å². The quantitative estimate of drug-likeness (QED) is 0.426. The Labute approximate surface area is 138 Å². The number of hydrogen-bond donors (Lipinski definition) is 0. The molecule has 0 bridgehead atoms. The first kappa shape index (κ1) is 28.8. The molecule has 0 aromatic carbocycles. The van der Waals surface area contributed by atoms with Gasteiger partial charge in [-0.3, -0.25) is 0 Å². The molecule has 1 aliphatic carbocycles. The Hall–Kier alpha value is -0.260. The molecule has 1 rings (SSSR count). The number of unbranched alkanes of at least 4 members (excludes halogenated alkanes) is 1. The Morgan fingerprint density at radius 2 is 1.19 bits per heavy atom. The summed E-state index contributed by atoms with van der Waals surface area (Å²) in [5.74, 6) is 2.52. The van der Waals surface area contributed by atoms with E-state index in [-0.39, 0.29) is 0 Å². The third-order valence-corrected chi connectivity index (χ3v) is 3.36. The van der Waals surface area contributed by atoms with Gasteiger partial charge in [0, 0.05) is 0 Å². The lowest BCUT2D eigenvalue weighted by atomic mass is 9.77. The summed E-state index contributed by atoms with van der Waals surface area (Å²) in [4.78, 5) is 0. The Kier molecular flexibility index (Phi) is 34.0. The minimum atomic E-state index is 0.811. The molecule has 0 nitrogen and oxygen atoms in total. The van der Waals surface area contributed by atoms with Crippen molar-refractivity contribution in [1.29, 1.82) is 0 Å². The van der Waals surface area contributed by atoms with Crippen molar-refractivity contribution in [2.24, 2.45) is 17.8 Å². The highest BCUT2D eigenvalue weighted by Crippen LogP contribution is 2.32. The average molecular weight is 301 g/mol. The van der Waals surface area contributed by atoms with Gasteiger partial charge in [-0.25, -0.2) is 0 Å². The Balaban J connectivity index is -0.000000111. The van der Waals surface area contributed by atoms with Crippen LogP contribution in [0, 0.1) is 17.8 Å². The van der Waals surface area contributed by atoms with Gasteiger partial charge in [0.05, 0.1) is 0 Å². The van der Waals surface area contributed by atoms with Crippen molar-refractivity contribution in [3.63, 3.8) is 0 Å². The Morgan fingerprint density at radius 1 is 0.857 bits per heavy atom. The first-order chi connectivity index (χ1) is 9.94. The lowest BCUT2D eigenvalue weighted by Crippen LogP contribution is -2.17. The standard InChI is InChI=1S/C10H18.C4H10.C3H8.2C2H6/c1-7-5-8(2)10(4)9(3)6-7;1-3-4-2;1-3-2;2*1-2/h5,7,9-10H,6H2,1-4H3;3-4H2,1-2H3;3H2,1-2H3;2*1-2H3. The largest absolute Gasteiger partial charge is 0.0825 e. The van der Waals surface area contributed by atoms with E-state index in [1.54, 1.807) is 5.57 Å². The van der Waals surface area contributed by atoms with Crippen molar-refractivity contribution in [2.45, 2.75) is 109 Å². The maximum absolute atomic E-state index is 2.42. The summed E-state index contributed by atoms with van der Waals surface area (Å²) in [6.07, 6.45) is 7.68. The van der Waals surface area contributed by atoms with Crippen LogP contribution in [0.1, 0.15) is 109 Å². The summed E-state index contributed by atoms with van der Waals surface area (Å²) < 4.78 is 0. The van der Waals surface area contributed by atoms with Crippen molar-refractivity contribution in [3.8, 4) is 0 Å². The predicted molar refractivity (Wildman–Crippen MR) is 105 cm³/mol. The van der Waals surface area contributed by atoms with Crippen LogP contribution in [0.3, 0.4) is 0 Å². The molecule has 3 unspecified atom stereocenters. The molecule has 0 heterocycles.